The van der Waals surface area contributed by atoms with Crippen LogP contribution in [0.1, 0.15) is 54.4 Å². The van der Waals surface area contributed by atoms with Gasteiger partial charge in [0.15, 0.2) is 5.82 Å². The minimum absolute atomic E-state index is 0.175. The number of pyridine rings is 1. The van der Waals surface area contributed by atoms with Gasteiger partial charge in [0.05, 0.1) is 11.3 Å². The van der Waals surface area contributed by atoms with E-state index in [-0.39, 0.29) is 5.56 Å². The van der Waals surface area contributed by atoms with Crippen molar-refractivity contribution in [3.05, 3.63) is 53.7 Å². The number of rotatable bonds is 6. The largest absolute Gasteiger partial charge is 0.416 e. The van der Waals surface area contributed by atoms with Crippen molar-refractivity contribution >= 4 is 17.4 Å². The van der Waals surface area contributed by atoms with Crippen molar-refractivity contribution in [2.75, 3.05) is 42.9 Å². The number of halogens is 3. The van der Waals surface area contributed by atoms with E-state index in [1.54, 1.807) is 18.3 Å². The highest BCUT2D eigenvalue weighted by atomic mass is 19.4. The highest BCUT2D eigenvalue weighted by Crippen LogP contribution is 2.31. The van der Waals surface area contributed by atoms with Gasteiger partial charge in [-0.25, -0.2) is 4.98 Å². The second-order valence-corrected chi connectivity index (χ2v) is 9.03. The van der Waals surface area contributed by atoms with Crippen LogP contribution in [0, 0.1) is 5.92 Å². The molecular weight excluding hydrogens is 429 g/mol. The number of nitrogens with one attached hydrogen (secondary N) is 1. The van der Waals surface area contributed by atoms with Crippen LogP contribution >= 0.6 is 0 Å². The molecule has 3 heterocycles. The number of hydrogen-bond donors (Lipinski definition) is 1. The van der Waals surface area contributed by atoms with Gasteiger partial charge in [-0.1, -0.05) is 6.42 Å². The van der Waals surface area contributed by atoms with Crippen molar-refractivity contribution in [2.45, 2.75) is 44.7 Å². The third-order valence-electron chi connectivity index (χ3n) is 6.73. The molecule has 0 radical (unpaired) electrons. The fourth-order valence-corrected chi connectivity index (χ4v) is 4.73. The number of aromatic nitrogens is 1. The number of hydrogen-bond acceptors (Lipinski definition) is 4. The van der Waals surface area contributed by atoms with Crippen molar-refractivity contribution in [3.63, 3.8) is 0 Å². The van der Waals surface area contributed by atoms with Gasteiger partial charge in [-0.05, 0) is 94.1 Å². The van der Waals surface area contributed by atoms with Crippen LogP contribution in [0.25, 0.3) is 0 Å². The number of anilines is 2. The molecule has 33 heavy (non-hydrogen) atoms. The van der Waals surface area contributed by atoms with Gasteiger partial charge in [0.2, 0.25) is 0 Å². The van der Waals surface area contributed by atoms with E-state index in [4.69, 9.17) is 0 Å². The van der Waals surface area contributed by atoms with Gasteiger partial charge in [0, 0.05) is 24.8 Å². The zero-order chi connectivity index (χ0) is 23.3. The molecule has 2 fully saturated rings. The van der Waals surface area contributed by atoms with Crippen LogP contribution < -0.4 is 10.2 Å². The van der Waals surface area contributed by atoms with E-state index in [0.29, 0.717) is 17.4 Å². The summed E-state index contributed by atoms with van der Waals surface area (Å²) in [5.74, 6) is 0.971. The maximum atomic E-state index is 12.8. The predicted molar refractivity (Wildman–Crippen MR) is 123 cm³/mol. The number of piperidine rings is 2. The molecule has 1 aromatic heterocycles. The summed E-state index contributed by atoms with van der Waals surface area (Å²) >= 11 is 0. The van der Waals surface area contributed by atoms with E-state index in [1.807, 2.05) is 0 Å². The Morgan fingerprint density at radius 2 is 1.70 bits per heavy atom. The molecule has 0 aliphatic carbocycles. The van der Waals surface area contributed by atoms with Crippen LogP contribution in [-0.4, -0.2) is 48.5 Å². The fourth-order valence-electron chi connectivity index (χ4n) is 4.73. The van der Waals surface area contributed by atoms with Gasteiger partial charge in [-0.3, -0.25) is 4.79 Å². The molecule has 0 saturated carbocycles. The van der Waals surface area contributed by atoms with E-state index in [0.717, 1.165) is 38.1 Å². The lowest BCUT2D eigenvalue weighted by Gasteiger charge is -2.35. The first-order valence-electron chi connectivity index (χ1n) is 11.8. The van der Waals surface area contributed by atoms with Crippen LogP contribution in [0.5, 0.6) is 0 Å². The van der Waals surface area contributed by atoms with Crippen molar-refractivity contribution in [3.8, 4) is 0 Å². The molecule has 178 valence electrons. The van der Waals surface area contributed by atoms with Gasteiger partial charge in [0.1, 0.15) is 0 Å². The topological polar surface area (TPSA) is 48.5 Å². The zero-order valence-electron chi connectivity index (χ0n) is 18.8. The SMILES string of the molecule is O=C(Nc1cccnc1N1CCC(CCN2CCCCC2)CC1)c1ccc(C(F)(F)F)cc1. The first kappa shape index (κ1) is 23.5. The molecule has 1 N–H and O–H groups in total. The maximum Gasteiger partial charge on any atom is 0.416 e. The lowest BCUT2D eigenvalue weighted by atomic mass is 9.93. The molecule has 4 rings (SSSR count). The summed E-state index contributed by atoms with van der Waals surface area (Å²) in [6.45, 7) is 5.40. The lowest BCUT2D eigenvalue weighted by molar-refractivity contribution is -0.137. The zero-order valence-corrected chi connectivity index (χ0v) is 18.8. The third kappa shape index (κ3) is 6.25. The Hall–Kier alpha value is -2.61. The van der Waals surface area contributed by atoms with E-state index in [2.05, 4.69) is 20.1 Å². The summed E-state index contributed by atoms with van der Waals surface area (Å²) in [5, 5.41) is 2.83. The van der Waals surface area contributed by atoms with Crippen LogP contribution in [0.3, 0.4) is 0 Å². The lowest BCUT2D eigenvalue weighted by Crippen LogP contribution is -2.37. The first-order valence-corrected chi connectivity index (χ1v) is 11.8. The number of carbonyl (C=O) groups is 1. The molecule has 2 saturated heterocycles. The first-order chi connectivity index (χ1) is 15.9. The molecule has 1 aromatic carbocycles. The molecular formula is C25H31F3N4O. The summed E-state index contributed by atoms with van der Waals surface area (Å²) in [6.07, 6.45) is 4.69. The average Bonchev–Trinajstić information content (AvgIpc) is 2.84. The molecule has 1 amide bonds. The monoisotopic (exact) mass is 460 g/mol. The molecule has 2 aliphatic rings. The van der Waals surface area contributed by atoms with Crippen molar-refractivity contribution < 1.29 is 18.0 Å². The minimum atomic E-state index is -4.43. The smallest absolute Gasteiger partial charge is 0.355 e. The van der Waals surface area contributed by atoms with Gasteiger partial charge in [0.25, 0.3) is 5.91 Å². The number of nitrogens with zero attached hydrogens (tertiary/aromatic N) is 3. The van der Waals surface area contributed by atoms with Crippen LogP contribution in [0.4, 0.5) is 24.7 Å². The average molecular weight is 461 g/mol. The van der Waals surface area contributed by atoms with E-state index in [9.17, 15) is 18.0 Å². The molecule has 0 atom stereocenters. The second-order valence-electron chi connectivity index (χ2n) is 9.03. The number of likely N-dealkylation sites (tertiary alicyclic amines) is 1. The van der Waals surface area contributed by atoms with Gasteiger partial charge in [-0.15, -0.1) is 0 Å². The molecule has 5 nitrogen and oxygen atoms in total. The molecule has 8 heteroatoms. The summed E-state index contributed by atoms with van der Waals surface area (Å²) in [4.78, 5) is 21.9. The Balaban J connectivity index is 1.33. The van der Waals surface area contributed by atoms with Gasteiger partial charge < -0.3 is 15.1 Å². The third-order valence-corrected chi connectivity index (χ3v) is 6.73. The van der Waals surface area contributed by atoms with E-state index < -0.39 is 17.6 Å². The molecule has 0 bridgehead atoms. The summed E-state index contributed by atoms with van der Waals surface area (Å²) in [6, 6.07) is 7.77. The van der Waals surface area contributed by atoms with Crippen LogP contribution in [0.15, 0.2) is 42.6 Å². The molecule has 2 aliphatic heterocycles. The Morgan fingerprint density at radius 3 is 2.36 bits per heavy atom. The summed E-state index contributed by atoms with van der Waals surface area (Å²) < 4.78 is 38.3. The van der Waals surface area contributed by atoms with Crippen molar-refractivity contribution in [1.29, 1.82) is 0 Å². The second kappa shape index (κ2) is 10.5. The Kier molecular flexibility index (Phi) is 7.53. The van der Waals surface area contributed by atoms with Gasteiger partial charge >= 0.3 is 6.18 Å². The quantitative estimate of drug-likeness (QED) is 0.623. The van der Waals surface area contributed by atoms with E-state index >= 15 is 0 Å². The van der Waals surface area contributed by atoms with Gasteiger partial charge in [-0.2, -0.15) is 13.2 Å². The van der Waals surface area contributed by atoms with Crippen molar-refractivity contribution in [2.24, 2.45) is 5.92 Å². The molecule has 0 unspecified atom stereocenters. The van der Waals surface area contributed by atoms with Crippen LogP contribution in [0.2, 0.25) is 0 Å². The summed E-state index contributed by atoms with van der Waals surface area (Å²) in [5.41, 5.74) is -0.0207. The predicted octanol–water partition coefficient (Wildman–Crippen LogP) is 5.45. The number of benzene rings is 1. The van der Waals surface area contributed by atoms with Crippen molar-refractivity contribution in [1.82, 2.24) is 9.88 Å². The standard InChI is InChI=1S/C25H31F3N4O/c26-25(27,28)21-8-6-20(7-9-21)24(33)30-22-5-4-13-29-23(22)32-17-11-19(12-18-32)10-16-31-14-2-1-3-15-31/h4-9,13,19H,1-3,10-12,14-18H2,(H,30,33). The Bertz CT molecular complexity index is 918. The number of amides is 1. The molecule has 2 aromatic rings. The van der Waals surface area contributed by atoms with E-state index in [1.165, 1.54) is 57.5 Å². The van der Waals surface area contributed by atoms with Crippen LogP contribution in [-0.2, 0) is 6.18 Å². The summed E-state index contributed by atoms with van der Waals surface area (Å²) in [7, 11) is 0. The normalized spacial score (nSPS) is 18.3. The number of alkyl halides is 3. The minimum Gasteiger partial charge on any atom is -0.355 e. The molecule has 0 spiro atoms. The Labute approximate surface area is 193 Å². The number of carbonyl (C=O) groups excluding carboxylic acids is 1. The maximum absolute atomic E-state index is 12.8. The highest BCUT2D eigenvalue weighted by Gasteiger charge is 2.30. The fraction of sp³-hybridized carbons (Fsp3) is 0.520. The highest BCUT2D eigenvalue weighted by molar-refractivity contribution is 6.05. The Morgan fingerprint density at radius 1 is 1.00 bits per heavy atom.